The van der Waals surface area contributed by atoms with Crippen molar-refractivity contribution in [3.63, 3.8) is 0 Å². The van der Waals surface area contributed by atoms with Crippen LogP contribution >= 0.6 is 11.3 Å². The Hall–Kier alpha value is -2.34. The highest BCUT2D eigenvalue weighted by atomic mass is 32.1. The van der Waals surface area contributed by atoms with E-state index in [0.717, 1.165) is 10.4 Å². The minimum Gasteiger partial charge on any atom is -0.444 e. The third kappa shape index (κ3) is 5.21. The van der Waals surface area contributed by atoms with E-state index in [1.807, 2.05) is 51.1 Å². The van der Waals surface area contributed by atoms with Crippen molar-refractivity contribution in [1.82, 2.24) is 0 Å². The Morgan fingerprint density at radius 3 is 2.45 bits per heavy atom. The van der Waals surface area contributed by atoms with Crippen LogP contribution in [0, 0.1) is 6.92 Å². The molecule has 1 aromatic heterocycles. The maximum absolute atomic E-state index is 11.7. The lowest BCUT2D eigenvalue weighted by molar-refractivity contribution is 0.100. The molecule has 5 nitrogen and oxygen atoms in total. The molecule has 1 aromatic carbocycles. The zero-order valence-electron chi connectivity index (χ0n) is 12.9. The molecular formula is C16H20N2O3S. The van der Waals surface area contributed by atoms with Crippen molar-refractivity contribution in [2.75, 3.05) is 5.32 Å². The first kappa shape index (κ1) is 17.7. The van der Waals surface area contributed by atoms with Crippen LogP contribution in [0.5, 0.6) is 0 Å². The van der Waals surface area contributed by atoms with Gasteiger partial charge in [0.1, 0.15) is 11.6 Å². The Morgan fingerprint density at radius 1 is 1.23 bits per heavy atom. The van der Waals surface area contributed by atoms with E-state index in [4.69, 9.17) is 10.5 Å². The number of hydrogen-bond donors (Lipinski definition) is 2. The Morgan fingerprint density at radius 2 is 1.86 bits per heavy atom. The summed E-state index contributed by atoms with van der Waals surface area (Å²) in [6, 6.07) is 11.0. The third-order valence-corrected chi connectivity index (χ3v) is 3.52. The maximum atomic E-state index is 11.7. The van der Waals surface area contributed by atoms with Gasteiger partial charge in [-0.15, -0.1) is 11.3 Å². The van der Waals surface area contributed by atoms with Gasteiger partial charge in [-0.3, -0.25) is 10.1 Å². The Kier molecular flexibility index (Phi) is 7.12. The molecule has 0 radical (unpaired) electrons. The van der Waals surface area contributed by atoms with Gasteiger partial charge >= 0.3 is 6.09 Å². The summed E-state index contributed by atoms with van der Waals surface area (Å²) < 4.78 is 5.08. The molecule has 0 saturated heterocycles. The quantitative estimate of drug-likeness (QED) is 0.895. The number of carbonyl (C=O) groups excluding carboxylic acids is 2. The van der Waals surface area contributed by atoms with Crippen molar-refractivity contribution in [2.24, 2.45) is 5.73 Å². The fraction of sp³-hybridized carbons (Fsp3) is 0.250. The third-order valence-electron chi connectivity index (χ3n) is 2.55. The van der Waals surface area contributed by atoms with Crippen LogP contribution in [0.3, 0.4) is 0 Å². The average molecular weight is 320 g/mol. The molecule has 3 N–H and O–H groups in total. The van der Waals surface area contributed by atoms with Gasteiger partial charge in [-0.25, -0.2) is 4.79 Å². The van der Waals surface area contributed by atoms with Gasteiger partial charge in [-0.05, 0) is 18.6 Å². The first-order chi connectivity index (χ1) is 10.6. The minimum absolute atomic E-state index is 0.170. The van der Waals surface area contributed by atoms with E-state index in [-0.39, 0.29) is 6.61 Å². The Labute approximate surface area is 134 Å². The SMILES string of the molecule is CC.Cc1cc(C(N)=O)c(NC(=O)OCc2ccccc2)s1. The number of nitrogens with one attached hydrogen (secondary N) is 1. The highest BCUT2D eigenvalue weighted by Gasteiger charge is 2.15. The summed E-state index contributed by atoms with van der Waals surface area (Å²) in [4.78, 5) is 23.8. The normalized spacial score (nSPS) is 9.41. The van der Waals surface area contributed by atoms with Crippen LogP contribution in [-0.4, -0.2) is 12.0 Å². The van der Waals surface area contributed by atoms with E-state index >= 15 is 0 Å². The molecule has 0 atom stereocenters. The van der Waals surface area contributed by atoms with Gasteiger partial charge in [0.25, 0.3) is 5.91 Å². The standard InChI is InChI=1S/C14H14N2O3S.C2H6/c1-9-7-11(12(15)17)13(20-9)16-14(18)19-8-10-5-3-2-4-6-10;1-2/h2-7H,8H2,1H3,(H2,15,17)(H,16,18);1-2H3. The molecule has 22 heavy (non-hydrogen) atoms. The van der Waals surface area contributed by atoms with Crippen LogP contribution in [-0.2, 0) is 11.3 Å². The molecule has 0 saturated carbocycles. The topological polar surface area (TPSA) is 81.4 Å². The number of anilines is 1. The van der Waals surface area contributed by atoms with Crippen LogP contribution in [0.15, 0.2) is 36.4 Å². The van der Waals surface area contributed by atoms with Crippen LogP contribution in [0.2, 0.25) is 0 Å². The summed E-state index contributed by atoms with van der Waals surface area (Å²) in [5.74, 6) is -0.576. The molecule has 2 amide bonds. The van der Waals surface area contributed by atoms with Crippen LogP contribution < -0.4 is 11.1 Å². The van der Waals surface area contributed by atoms with Crippen molar-refractivity contribution >= 4 is 28.3 Å². The highest BCUT2D eigenvalue weighted by molar-refractivity contribution is 7.16. The minimum atomic E-state index is -0.613. The molecule has 0 aliphatic carbocycles. The van der Waals surface area contributed by atoms with E-state index in [1.165, 1.54) is 11.3 Å². The first-order valence-corrected chi connectivity index (χ1v) is 7.76. The molecule has 0 aliphatic rings. The fourth-order valence-corrected chi connectivity index (χ4v) is 2.54. The number of carbonyl (C=O) groups is 2. The molecular weight excluding hydrogens is 300 g/mol. The zero-order valence-corrected chi connectivity index (χ0v) is 13.7. The van der Waals surface area contributed by atoms with E-state index in [9.17, 15) is 9.59 Å². The maximum Gasteiger partial charge on any atom is 0.412 e. The summed E-state index contributed by atoms with van der Waals surface area (Å²) in [5, 5.41) is 2.95. The van der Waals surface area contributed by atoms with Gasteiger partial charge in [0.05, 0.1) is 5.56 Å². The molecule has 2 aromatic rings. The van der Waals surface area contributed by atoms with Crippen molar-refractivity contribution in [1.29, 1.82) is 0 Å². The monoisotopic (exact) mass is 320 g/mol. The number of amides is 2. The predicted octanol–water partition coefficient (Wildman–Crippen LogP) is 3.93. The molecule has 0 fully saturated rings. The van der Waals surface area contributed by atoms with E-state index in [1.54, 1.807) is 6.07 Å². The van der Waals surface area contributed by atoms with Crippen LogP contribution in [0.25, 0.3) is 0 Å². The van der Waals surface area contributed by atoms with Gasteiger partial charge in [0, 0.05) is 4.88 Å². The molecule has 6 heteroatoms. The predicted molar refractivity (Wildman–Crippen MR) is 89.2 cm³/mol. The van der Waals surface area contributed by atoms with E-state index < -0.39 is 12.0 Å². The number of nitrogens with two attached hydrogens (primary N) is 1. The number of primary amides is 1. The highest BCUT2D eigenvalue weighted by Crippen LogP contribution is 2.27. The molecule has 118 valence electrons. The molecule has 2 rings (SSSR count). The number of ether oxygens (including phenoxy) is 1. The first-order valence-electron chi connectivity index (χ1n) is 6.94. The Balaban J connectivity index is 0.00000116. The van der Waals surface area contributed by atoms with Crippen molar-refractivity contribution in [2.45, 2.75) is 27.4 Å². The second-order valence-corrected chi connectivity index (χ2v) is 5.41. The molecule has 0 aliphatic heterocycles. The second kappa shape index (κ2) is 8.84. The number of benzene rings is 1. The fourth-order valence-electron chi connectivity index (χ4n) is 1.64. The van der Waals surface area contributed by atoms with Crippen molar-refractivity contribution in [3.8, 4) is 0 Å². The van der Waals surface area contributed by atoms with Gasteiger partial charge in [0.15, 0.2) is 0 Å². The van der Waals surface area contributed by atoms with Gasteiger partial charge in [-0.2, -0.15) is 0 Å². The lowest BCUT2D eigenvalue weighted by Gasteiger charge is -2.06. The largest absolute Gasteiger partial charge is 0.444 e. The molecule has 1 heterocycles. The summed E-state index contributed by atoms with van der Waals surface area (Å²) in [6.07, 6.45) is -0.613. The number of aryl methyl sites for hydroxylation is 1. The lowest BCUT2D eigenvalue weighted by atomic mass is 10.2. The summed E-state index contributed by atoms with van der Waals surface area (Å²) in [6.45, 7) is 6.00. The number of thiophene rings is 1. The van der Waals surface area contributed by atoms with Crippen LogP contribution in [0.1, 0.15) is 34.6 Å². The van der Waals surface area contributed by atoms with E-state index in [2.05, 4.69) is 5.32 Å². The van der Waals surface area contributed by atoms with Crippen molar-refractivity contribution in [3.05, 3.63) is 52.4 Å². The lowest BCUT2D eigenvalue weighted by Crippen LogP contribution is -2.17. The zero-order chi connectivity index (χ0) is 16.5. The molecule has 0 spiro atoms. The molecule has 0 unspecified atom stereocenters. The van der Waals surface area contributed by atoms with Gasteiger partial charge in [-0.1, -0.05) is 44.2 Å². The number of rotatable bonds is 4. The van der Waals surface area contributed by atoms with Crippen LogP contribution in [0.4, 0.5) is 9.80 Å². The average Bonchev–Trinajstić information content (AvgIpc) is 2.89. The number of hydrogen-bond acceptors (Lipinski definition) is 4. The smallest absolute Gasteiger partial charge is 0.412 e. The van der Waals surface area contributed by atoms with Crippen molar-refractivity contribution < 1.29 is 14.3 Å². The summed E-state index contributed by atoms with van der Waals surface area (Å²) >= 11 is 1.28. The summed E-state index contributed by atoms with van der Waals surface area (Å²) in [7, 11) is 0. The second-order valence-electron chi connectivity index (χ2n) is 4.15. The van der Waals surface area contributed by atoms with E-state index in [0.29, 0.717) is 10.6 Å². The molecule has 0 bridgehead atoms. The van der Waals surface area contributed by atoms with Gasteiger partial charge < -0.3 is 10.5 Å². The summed E-state index contributed by atoms with van der Waals surface area (Å²) in [5.41, 5.74) is 6.43. The Bertz CT molecular complexity index is 624. The van der Waals surface area contributed by atoms with Gasteiger partial charge in [0.2, 0.25) is 0 Å².